The number of hydrogen-bond acceptors (Lipinski definition) is 8. The van der Waals surface area contributed by atoms with Gasteiger partial charge in [-0.1, -0.05) is 66.7 Å². The van der Waals surface area contributed by atoms with Gasteiger partial charge in [0.2, 0.25) is 0 Å². The van der Waals surface area contributed by atoms with Crippen LogP contribution in [0.15, 0.2) is 170 Å². The van der Waals surface area contributed by atoms with E-state index in [2.05, 4.69) is 0 Å². The standard InChI is InChI=1S/C48H28N2O6/c49-29-31-14-18-33(19-15-31)45(51)37-22-24-41(43(27-37)55-39-10-3-1-4-11-39)47(53)35-8-7-9-36(26-35)48(54)42-25-23-38(28-44(42)56-40-12-5-2-6-13-40)46(52)34-20-16-32(30-50)17-21-34/h1-28H. The predicted molar refractivity (Wildman–Crippen MR) is 208 cm³/mol. The number of nitrogens with zero attached hydrogens (tertiary/aromatic N) is 2. The van der Waals surface area contributed by atoms with Crippen LogP contribution in [0.4, 0.5) is 0 Å². The molecule has 0 spiro atoms. The zero-order chi connectivity index (χ0) is 39.0. The summed E-state index contributed by atoms with van der Waals surface area (Å²) < 4.78 is 12.3. The molecular formula is C48H28N2O6. The summed E-state index contributed by atoms with van der Waals surface area (Å²) in [7, 11) is 0. The summed E-state index contributed by atoms with van der Waals surface area (Å²) in [6, 6.07) is 49.6. The van der Waals surface area contributed by atoms with Crippen LogP contribution in [0.1, 0.15) is 74.8 Å². The highest BCUT2D eigenvalue weighted by atomic mass is 16.5. The van der Waals surface area contributed by atoms with Crippen molar-refractivity contribution in [1.82, 2.24) is 0 Å². The van der Waals surface area contributed by atoms with Gasteiger partial charge in [-0.25, -0.2) is 0 Å². The third-order valence-corrected chi connectivity index (χ3v) is 8.86. The van der Waals surface area contributed by atoms with Crippen LogP contribution < -0.4 is 9.47 Å². The number of ketones is 4. The first-order valence-electron chi connectivity index (χ1n) is 17.3. The van der Waals surface area contributed by atoms with E-state index >= 15 is 0 Å². The van der Waals surface area contributed by atoms with Gasteiger partial charge in [-0.2, -0.15) is 10.5 Å². The molecule has 0 bridgehead atoms. The van der Waals surface area contributed by atoms with E-state index in [1.165, 1.54) is 42.5 Å². The van der Waals surface area contributed by atoms with Gasteiger partial charge < -0.3 is 9.47 Å². The molecule has 8 nitrogen and oxygen atoms in total. The molecule has 0 atom stereocenters. The second-order valence-electron chi connectivity index (χ2n) is 12.5. The van der Waals surface area contributed by atoms with Gasteiger partial charge in [0.05, 0.1) is 34.4 Å². The van der Waals surface area contributed by atoms with Gasteiger partial charge in [0, 0.05) is 33.4 Å². The molecule has 0 fully saturated rings. The maximum atomic E-state index is 14.2. The van der Waals surface area contributed by atoms with E-state index in [0.29, 0.717) is 33.8 Å². The van der Waals surface area contributed by atoms with E-state index in [0.717, 1.165) is 0 Å². The van der Waals surface area contributed by atoms with Crippen LogP contribution in [0.25, 0.3) is 0 Å². The minimum atomic E-state index is -0.452. The summed E-state index contributed by atoms with van der Waals surface area (Å²) >= 11 is 0. The van der Waals surface area contributed by atoms with E-state index in [1.807, 2.05) is 24.3 Å². The van der Waals surface area contributed by atoms with Crippen molar-refractivity contribution >= 4 is 23.1 Å². The number of carbonyl (C=O) groups excluding carboxylic acids is 4. The van der Waals surface area contributed by atoms with Gasteiger partial charge in [0.1, 0.15) is 23.0 Å². The summed E-state index contributed by atoms with van der Waals surface area (Å²) in [6.07, 6.45) is 0. The maximum absolute atomic E-state index is 14.2. The molecule has 56 heavy (non-hydrogen) atoms. The SMILES string of the molecule is N#Cc1ccc(C(=O)c2ccc(C(=O)c3cccc(C(=O)c4ccc(C(=O)c5ccc(C#N)cc5)cc4Oc4ccccc4)c3)c(Oc3ccccc3)c2)cc1. The van der Waals surface area contributed by atoms with Crippen molar-refractivity contribution in [3.8, 4) is 35.1 Å². The first-order chi connectivity index (χ1) is 27.3. The molecule has 0 aliphatic carbocycles. The summed E-state index contributed by atoms with van der Waals surface area (Å²) in [5.74, 6) is -0.383. The molecule has 0 N–H and O–H groups in total. The van der Waals surface area contributed by atoms with Crippen LogP contribution in [0.2, 0.25) is 0 Å². The highest BCUT2D eigenvalue weighted by Crippen LogP contribution is 2.32. The lowest BCUT2D eigenvalue weighted by molar-refractivity contribution is 0.102. The summed E-state index contributed by atoms with van der Waals surface area (Å²) in [4.78, 5) is 55.3. The minimum Gasteiger partial charge on any atom is -0.457 e. The molecule has 0 aromatic heterocycles. The second-order valence-corrected chi connectivity index (χ2v) is 12.5. The molecule has 0 heterocycles. The van der Waals surface area contributed by atoms with E-state index in [1.54, 1.807) is 115 Å². The van der Waals surface area contributed by atoms with Crippen LogP contribution in [0.3, 0.4) is 0 Å². The van der Waals surface area contributed by atoms with Crippen LogP contribution >= 0.6 is 0 Å². The number of rotatable bonds is 12. The highest BCUT2D eigenvalue weighted by Gasteiger charge is 2.23. The van der Waals surface area contributed by atoms with Crippen molar-refractivity contribution in [3.63, 3.8) is 0 Å². The predicted octanol–water partition coefficient (Wildman–Crippen LogP) is 9.94. The Balaban J connectivity index is 1.22. The monoisotopic (exact) mass is 728 g/mol. The average Bonchev–Trinajstić information content (AvgIpc) is 3.26. The Morgan fingerprint density at radius 2 is 0.714 bits per heavy atom. The van der Waals surface area contributed by atoms with Gasteiger partial charge in [-0.15, -0.1) is 0 Å². The Labute approximate surface area is 322 Å². The molecular weight excluding hydrogens is 701 g/mol. The Morgan fingerprint density at radius 3 is 1.09 bits per heavy atom. The van der Waals surface area contributed by atoms with Gasteiger partial charge in [0.25, 0.3) is 0 Å². The zero-order valence-electron chi connectivity index (χ0n) is 29.5. The first-order valence-corrected chi connectivity index (χ1v) is 17.3. The van der Waals surface area contributed by atoms with Crippen molar-refractivity contribution in [2.75, 3.05) is 0 Å². The van der Waals surface area contributed by atoms with Gasteiger partial charge in [-0.3, -0.25) is 19.2 Å². The third kappa shape index (κ3) is 7.91. The molecule has 8 heteroatoms. The second kappa shape index (κ2) is 16.2. The minimum absolute atomic E-state index is 0.137. The first kappa shape index (κ1) is 36.2. The fourth-order valence-corrected chi connectivity index (χ4v) is 5.94. The molecule has 0 radical (unpaired) electrons. The Kier molecular flexibility index (Phi) is 10.5. The number of nitriles is 2. The molecule has 0 unspecified atom stereocenters. The lowest BCUT2D eigenvalue weighted by Gasteiger charge is -2.14. The van der Waals surface area contributed by atoms with E-state index in [-0.39, 0.29) is 56.4 Å². The van der Waals surface area contributed by atoms with Crippen molar-refractivity contribution in [2.24, 2.45) is 0 Å². The lowest BCUT2D eigenvalue weighted by atomic mass is 9.94. The number of para-hydroxylation sites is 2. The van der Waals surface area contributed by atoms with Crippen molar-refractivity contribution in [2.45, 2.75) is 0 Å². The van der Waals surface area contributed by atoms with Gasteiger partial charge in [-0.05, 0) is 103 Å². The van der Waals surface area contributed by atoms with Gasteiger partial charge >= 0.3 is 0 Å². The fraction of sp³-hybridized carbons (Fsp3) is 0. The zero-order valence-corrected chi connectivity index (χ0v) is 29.5. The smallest absolute Gasteiger partial charge is 0.196 e. The largest absolute Gasteiger partial charge is 0.457 e. The summed E-state index contributed by atoms with van der Waals surface area (Å²) in [5.41, 5.74) is 2.82. The van der Waals surface area contributed by atoms with Crippen LogP contribution in [0.5, 0.6) is 23.0 Å². The topological polar surface area (TPSA) is 134 Å². The van der Waals surface area contributed by atoms with Crippen molar-refractivity contribution < 1.29 is 28.7 Å². The normalized spacial score (nSPS) is 10.4. The van der Waals surface area contributed by atoms with Crippen LogP contribution in [0, 0.1) is 22.7 Å². The molecule has 266 valence electrons. The average molecular weight is 729 g/mol. The summed E-state index contributed by atoms with van der Waals surface area (Å²) in [6.45, 7) is 0. The molecule has 0 saturated carbocycles. The molecule has 0 saturated heterocycles. The molecule has 0 aliphatic rings. The van der Waals surface area contributed by atoms with Crippen LogP contribution in [-0.4, -0.2) is 23.1 Å². The van der Waals surface area contributed by atoms with Crippen molar-refractivity contribution in [1.29, 1.82) is 10.5 Å². The van der Waals surface area contributed by atoms with E-state index in [9.17, 15) is 19.2 Å². The molecule has 0 aliphatic heterocycles. The quantitative estimate of drug-likeness (QED) is 0.114. The number of carbonyl (C=O) groups is 4. The van der Waals surface area contributed by atoms with Crippen molar-refractivity contribution in [3.05, 3.63) is 225 Å². The third-order valence-electron chi connectivity index (χ3n) is 8.86. The van der Waals surface area contributed by atoms with E-state index < -0.39 is 11.6 Å². The molecule has 0 amide bonds. The van der Waals surface area contributed by atoms with Crippen LogP contribution in [-0.2, 0) is 0 Å². The number of ether oxygens (including phenoxy) is 2. The summed E-state index contributed by atoms with van der Waals surface area (Å²) in [5, 5.41) is 18.3. The molecule has 7 rings (SSSR count). The number of benzene rings is 7. The Morgan fingerprint density at radius 1 is 0.357 bits per heavy atom. The molecule has 7 aromatic rings. The Hall–Kier alpha value is -8.20. The number of hydrogen-bond donors (Lipinski definition) is 0. The van der Waals surface area contributed by atoms with E-state index in [4.69, 9.17) is 20.0 Å². The fourth-order valence-electron chi connectivity index (χ4n) is 5.94. The maximum Gasteiger partial charge on any atom is 0.196 e. The lowest BCUT2D eigenvalue weighted by Crippen LogP contribution is -2.10. The highest BCUT2D eigenvalue weighted by molar-refractivity contribution is 6.16. The van der Waals surface area contributed by atoms with Gasteiger partial charge in [0.15, 0.2) is 23.1 Å². The molecule has 7 aromatic carbocycles. The Bertz CT molecular complexity index is 2520.